The predicted octanol–water partition coefficient (Wildman–Crippen LogP) is 3.36. The first-order valence-corrected chi connectivity index (χ1v) is 6.49. The molecule has 0 atom stereocenters. The highest BCUT2D eigenvalue weighted by molar-refractivity contribution is 6.06. The third-order valence-corrected chi connectivity index (χ3v) is 3.10. The maximum atomic E-state index is 12.0. The number of para-hydroxylation sites is 1. The van der Waals surface area contributed by atoms with E-state index in [9.17, 15) is 9.59 Å². The Morgan fingerprint density at radius 1 is 0.952 bits per heavy atom. The minimum atomic E-state index is -0.694. The van der Waals surface area contributed by atoms with Gasteiger partial charge in [-0.15, -0.1) is 0 Å². The normalized spacial score (nSPS) is 10.5. The molecule has 0 fully saturated rings. The van der Waals surface area contributed by atoms with E-state index in [0.29, 0.717) is 11.0 Å². The van der Waals surface area contributed by atoms with Gasteiger partial charge in [-0.2, -0.15) is 0 Å². The number of hydrogen-bond donors (Lipinski definition) is 0. The van der Waals surface area contributed by atoms with Crippen LogP contribution < -0.4 is 0 Å². The minimum absolute atomic E-state index is 0.0579. The summed E-state index contributed by atoms with van der Waals surface area (Å²) in [6.07, 6.45) is 1.37. The molecule has 0 unspecified atom stereocenters. The molecule has 4 heteroatoms. The second-order valence-electron chi connectivity index (χ2n) is 4.57. The van der Waals surface area contributed by atoms with Gasteiger partial charge in [0.2, 0.25) is 0 Å². The van der Waals surface area contributed by atoms with E-state index in [2.05, 4.69) is 0 Å². The fourth-order valence-electron chi connectivity index (χ4n) is 2.09. The summed E-state index contributed by atoms with van der Waals surface area (Å²) in [6, 6.07) is 16.2. The van der Waals surface area contributed by atoms with Crippen molar-refractivity contribution in [3.8, 4) is 0 Å². The average molecular weight is 280 g/mol. The average Bonchev–Trinajstić information content (AvgIpc) is 2.92. The summed E-state index contributed by atoms with van der Waals surface area (Å²) < 4.78 is 10.1. The van der Waals surface area contributed by atoms with Gasteiger partial charge in [0.25, 0.3) is 0 Å². The number of carbonyl (C=O) groups is 2. The quantitative estimate of drug-likeness (QED) is 0.545. The lowest BCUT2D eigenvalue weighted by Crippen LogP contribution is -2.14. The highest BCUT2D eigenvalue weighted by Crippen LogP contribution is 2.21. The molecule has 0 aliphatic carbocycles. The van der Waals surface area contributed by atoms with Crippen LogP contribution in [-0.4, -0.2) is 11.9 Å². The van der Waals surface area contributed by atoms with E-state index in [-0.39, 0.29) is 12.0 Å². The Morgan fingerprint density at radius 3 is 2.48 bits per heavy atom. The van der Waals surface area contributed by atoms with Crippen molar-refractivity contribution in [3.63, 3.8) is 0 Å². The molecule has 0 saturated heterocycles. The van der Waals surface area contributed by atoms with Crippen LogP contribution in [0.25, 0.3) is 11.0 Å². The fourth-order valence-corrected chi connectivity index (χ4v) is 2.09. The molecule has 21 heavy (non-hydrogen) atoms. The van der Waals surface area contributed by atoms with Crippen LogP contribution in [0.2, 0.25) is 0 Å². The van der Waals surface area contributed by atoms with Crippen molar-refractivity contribution >= 4 is 22.9 Å². The van der Waals surface area contributed by atoms with E-state index in [1.807, 2.05) is 24.3 Å². The Labute approximate surface area is 120 Å². The molecule has 0 bridgehead atoms. The summed E-state index contributed by atoms with van der Waals surface area (Å²) in [4.78, 5) is 23.8. The molecule has 0 spiro atoms. The van der Waals surface area contributed by atoms with Crippen LogP contribution in [0.5, 0.6) is 0 Å². The maximum Gasteiger partial charge on any atom is 0.349 e. The van der Waals surface area contributed by atoms with Gasteiger partial charge in [-0.3, -0.25) is 4.79 Å². The number of carbonyl (C=O) groups excluding carboxylic acids is 2. The van der Waals surface area contributed by atoms with E-state index in [0.717, 1.165) is 5.56 Å². The number of fused-ring (bicyclic) bond motifs is 1. The molecule has 1 heterocycles. The van der Waals surface area contributed by atoms with Gasteiger partial charge in [-0.25, -0.2) is 4.79 Å². The highest BCUT2D eigenvalue weighted by Gasteiger charge is 2.18. The summed E-state index contributed by atoms with van der Waals surface area (Å²) in [5.74, 6) is -1.28. The molecule has 4 nitrogen and oxygen atoms in total. The minimum Gasteiger partial charge on any atom is -0.463 e. The van der Waals surface area contributed by atoms with Gasteiger partial charge >= 0.3 is 11.9 Å². The lowest BCUT2D eigenvalue weighted by atomic mass is 10.1. The van der Waals surface area contributed by atoms with Crippen molar-refractivity contribution in [1.29, 1.82) is 0 Å². The number of furan rings is 1. The first-order chi connectivity index (χ1) is 10.2. The first kappa shape index (κ1) is 13.1. The molecule has 0 saturated carbocycles. The number of ether oxygens (including phenoxy) is 1. The van der Waals surface area contributed by atoms with Crippen LogP contribution in [-0.2, 0) is 16.0 Å². The Morgan fingerprint density at radius 2 is 1.67 bits per heavy atom. The second kappa shape index (κ2) is 5.63. The van der Waals surface area contributed by atoms with Crippen LogP contribution in [0.1, 0.15) is 15.9 Å². The van der Waals surface area contributed by atoms with Crippen molar-refractivity contribution in [2.24, 2.45) is 0 Å². The number of benzene rings is 2. The predicted molar refractivity (Wildman–Crippen MR) is 76.8 cm³/mol. The Hall–Kier alpha value is -2.88. The Balaban J connectivity index is 1.73. The zero-order valence-corrected chi connectivity index (χ0v) is 11.1. The number of hydrogen-bond acceptors (Lipinski definition) is 4. The summed E-state index contributed by atoms with van der Waals surface area (Å²) in [6.45, 7) is 0. The third-order valence-electron chi connectivity index (χ3n) is 3.10. The molecule has 1 aromatic heterocycles. The van der Waals surface area contributed by atoms with Crippen molar-refractivity contribution in [1.82, 2.24) is 0 Å². The fraction of sp³-hybridized carbons (Fsp3) is 0.0588. The molecule has 0 amide bonds. The molecule has 3 rings (SSSR count). The molecule has 0 aliphatic heterocycles. The molecular weight excluding hydrogens is 268 g/mol. The zero-order valence-electron chi connectivity index (χ0n) is 11.1. The van der Waals surface area contributed by atoms with E-state index in [1.54, 1.807) is 30.3 Å². The molecule has 104 valence electrons. The largest absolute Gasteiger partial charge is 0.463 e. The molecule has 3 aromatic rings. The van der Waals surface area contributed by atoms with E-state index in [4.69, 9.17) is 9.15 Å². The summed E-state index contributed by atoms with van der Waals surface area (Å²) in [7, 11) is 0. The molecule has 0 radical (unpaired) electrons. The Kier molecular flexibility index (Phi) is 3.51. The van der Waals surface area contributed by atoms with E-state index in [1.165, 1.54) is 6.26 Å². The van der Waals surface area contributed by atoms with Gasteiger partial charge < -0.3 is 9.15 Å². The molecule has 2 aromatic carbocycles. The van der Waals surface area contributed by atoms with Crippen molar-refractivity contribution in [2.45, 2.75) is 6.42 Å². The van der Waals surface area contributed by atoms with Gasteiger partial charge in [-0.05, 0) is 11.6 Å². The van der Waals surface area contributed by atoms with Gasteiger partial charge in [0, 0.05) is 5.39 Å². The zero-order chi connectivity index (χ0) is 14.7. The van der Waals surface area contributed by atoms with Crippen LogP contribution >= 0.6 is 0 Å². The lowest BCUT2D eigenvalue weighted by Gasteiger charge is -2.02. The van der Waals surface area contributed by atoms with Gasteiger partial charge in [0.1, 0.15) is 17.4 Å². The highest BCUT2D eigenvalue weighted by atomic mass is 16.6. The SMILES string of the molecule is O=C(Cc1ccccc1)OC(=O)c1coc2ccccc12. The summed E-state index contributed by atoms with van der Waals surface area (Å²) in [5, 5.41) is 0.634. The monoisotopic (exact) mass is 280 g/mol. The number of esters is 2. The standard InChI is InChI=1S/C17H12O4/c18-16(10-12-6-2-1-3-7-12)21-17(19)14-11-20-15-9-5-4-8-13(14)15/h1-9,11H,10H2. The molecule has 0 aliphatic rings. The summed E-state index contributed by atoms with van der Waals surface area (Å²) >= 11 is 0. The van der Waals surface area contributed by atoms with Gasteiger partial charge in [-0.1, -0.05) is 48.5 Å². The van der Waals surface area contributed by atoms with E-state index >= 15 is 0 Å². The van der Waals surface area contributed by atoms with Crippen LogP contribution in [0, 0.1) is 0 Å². The van der Waals surface area contributed by atoms with Gasteiger partial charge in [0.15, 0.2) is 0 Å². The van der Waals surface area contributed by atoms with Crippen molar-refractivity contribution in [2.75, 3.05) is 0 Å². The Bertz CT molecular complexity index is 787. The van der Waals surface area contributed by atoms with Crippen molar-refractivity contribution < 1.29 is 18.7 Å². The topological polar surface area (TPSA) is 56.5 Å². The first-order valence-electron chi connectivity index (χ1n) is 6.49. The summed E-state index contributed by atoms with van der Waals surface area (Å²) in [5.41, 5.74) is 1.64. The number of rotatable bonds is 3. The smallest absolute Gasteiger partial charge is 0.349 e. The van der Waals surface area contributed by atoms with E-state index < -0.39 is 11.9 Å². The maximum absolute atomic E-state index is 12.0. The van der Waals surface area contributed by atoms with Crippen molar-refractivity contribution in [3.05, 3.63) is 72.0 Å². The molecular formula is C17H12O4. The lowest BCUT2D eigenvalue weighted by molar-refractivity contribution is -0.137. The van der Waals surface area contributed by atoms with Crippen LogP contribution in [0.3, 0.4) is 0 Å². The van der Waals surface area contributed by atoms with Crippen LogP contribution in [0.15, 0.2) is 65.3 Å². The second-order valence-corrected chi connectivity index (χ2v) is 4.57. The molecule has 0 N–H and O–H groups in total. The third kappa shape index (κ3) is 2.84. The van der Waals surface area contributed by atoms with Crippen LogP contribution in [0.4, 0.5) is 0 Å². The van der Waals surface area contributed by atoms with Gasteiger partial charge in [0.05, 0.1) is 6.42 Å².